The maximum absolute atomic E-state index is 11.6. The summed E-state index contributed by atoms with van der Waals surface area (Å²) in [6.45, 7) is 3.75. The second-order valence-corrected chi connectivity index (χ2v) is 6.77. The molecule has 0 aromatic carbocycles. The van der Waals surface area contributed by atoms with Crippen LogP contribution < -0.4 is 0 Å². The minimum Gasteiger partial charge on any atom is -0.466 e. The Kier molecular flexibility index (Phi) is 13.5. The molecule has 1 fully saturated rings. The molecule has 0 aromatic rings. The molecule has 0 N–H and O–H groups in total. The normalized spacial score (nSPS) is 17.4. The minimum atomic E-state index is -0.397. The number of hydrogen-bond donors (Lipinski definition) is 0. The molecule has 1 aliphatic heterocycles. The fraction of sp³-hybridized carbons (Fsp3) is 0.900. The van der Waals surface area contributed by atoms with Gasteiger partial charge in [-0.2, -0.15) is 0 Å². The van der Waals surface area contributed by atoms with E-state index in [1.54, 1.807) is 6.92 Å². The number of rotatable bonds is 15. The molecule has 0 spiro atoms. The molecule has 0 aliphatic carbocycles. The SMILES string of the molecule is CCOC(=O)CC(=O)CCCCCCCCCCOC1CCCCO1. The van der Waals surface area contributed by atoms with E-state index in [2.05, 4.69) is 0 Å². The molecule has 0 bridgehead atoms. The second kappa shape index (κ2) is 15.3. The Morgan fingerprint density at radius 2 is 1.64 bits per heavy atom. The first-order valence-electron chi connectivity index (χ1n) is 10.1. The average molecular weight is 357 g/mol. The molecule has 0 aromatic heterocycles. The van der Waals surface area contributed by atoms with Gasteiger partial charge in [0, 0.05) is 19.6 Å². The lowest BCUT2D eigenvalue weighted by molar-refractivity contribution is -0.162. The van der Waals surface area contributed by atoms with Crippen molar-refractivity contribution < 1.29 is 23.8 Å². The van der Waals surface area contributed by atoms with Gasteiger partial charge < -0.3 is 14.2 Å². The summed E-state index contributed by atoms with van der Waals surface area (Å²) in [5.41, 5.74) is 0. The summed E-state index contributed by atoms with van der Waals surface area (Å²) in [7, 11) is 0. The summed E-state index contributed by atoms with van der Waals surface area (Å²) < 4.78 is 16.0. The van der Waals surface area contributed by atoms with Crippen molar-refractivity contribution in [3.63, 3.8) is 0 Å². The molecule has 1 heterocycles. The van der Waals surface area contributed by atoms with Gasteiger partial charge in [-0.1, -0.05) is 38.5 Å². The van der Waals surface area contributed by atoms with Crippen LogP contribution in [-0.2, 0) is 23.8 Å². The van der Waals surface area contributed by atoms with Gasteiger partial charge in [0.25, 0.3) is 0 Å². The van der Waals surface area contributed by atoms with Crippen LogP contribution in [0.4, 0.5) is 0 Å². The van der Waals surface area contributed by atoms with Crippen LogP contribution in [0.1, 0.15) is 90.4 Å². The van der Waals surface area contributed by atoms with E-state index in [0.717, 1.165) is 38.9 Å². The fourth-order valence-corrected chi connectivity index (χ4v) is 3.00. The molecule has 25 heavy (non-hydrogen) atoms. The van der Waals surface area contributed by atoms with Crippen molar-refractivity contribution in [2.45, 2.75) is 96.7 Å². The van der Waals surface area contributed by atoms with E-state index < -0.39 is 5.97 Å². The first-order chi connectivity index (χ1) is 12.2. The average Bonchev–Trinajstić information content (AvgIpc) is 2.60. The van der Waals surface area contributed by atoms with Gasteiger partial charge in [-0.05, 0) is 39.0 Å². The van der Waals surface area contributed by atoms with Crippen LogP contribution in [0.15, 0.2) is 0 Å². The van der Waals surface area contributed by atoms with Crippen molar-refractivity contribution in [2.24, 2.45) is 0 Å². The number of ketones is 1. The fourth-order valence-electron chi connectivity index (χ4n) is 3.00. The Morgan fingerprint density at radius 3 is 2.28 bits per heavy atom. The van der Waals surface area contributed by atoms with Crippen LogP contribution in [0.5, 0.6) is 0 Å². The number of hydrogen-bond acceptors (Lipinski definition) is 5. The maximum atomic E-state index is 11.6. The summed E-state index contributed by atoms with van der Waals surface area (Å²) in [6, 6.07) is 0. The molecule has 1 rings (SSSR count). The van der Waals surface area contributed by atoms with Gasteiger partial charge in [-0.15, -0.1) is 0 Å². The zero-order valence-corrected chi connectivity index (χ0v) is 15.9. The van der Waals surface area contributed by atoms with Gasteiger partial charge in [0.05, 0.1) is 6.61 Å². The molecule has 5 heteroatoms. The molecule has 1 atom stereocenters. The smallest absolute Gasteiger partial charge is 0.313 e. The number of esters is 1. The number of ether oxygens (including phenoxy) is 3. The zero-order chi connectivity index (χ0) is 18.2. The lowest BCUT2D eigenvalue weighted by Gasteiger charge is -2.22. The maximum Gasteiger partial charge on any atom is 0.313 e. The van der Waals surface area contributed by atoms with E-state index in [1.807, 2.05) is 0 Å². The molecule has 1 saturated heterocycles. The van der Waals surface area contributed by atoms with Crippen LogP contribution in [0.25, 0.3) is 0 Å². The highest BCUT2D eigenvalue weighted by atomic mass is 16.7. The Bertz CT molecular complexity index is 350. The van der Waals surface area contributed by atoms with Gasteiger partial charge in [0.15, 0.2) is 6.29 Å². The molecular formula is C20H36O5. The van der Waals surface area contributed by atoms with Gasteiger partial charge in [0.1, 0.15) is 12.2 Å². The van der Waals surface area contributed by atoms with Crippen LogP contribution in [0.2, 0.25) is 0 Å². The molecule has 0 amide bonds. The molecule has 0 radical (unpaired) electrons. The first kappa shape index (κ1) is 22.1. The first-order valence-corrected chi connectivity index (χ1v) is 10.1. The Hall–Kier alpha value is -0.940. The third-order valence-electron chi connectivity index (χ3n) is 4.44. The van der Waals surface area contributed by atoms with Gasteiger partial charge in [0.2, 0.25) is 0 Å². The van der Waals surface area contributed by atoms with E-state index in [9.17, 15) is 9.59 Å². The molecule has 1 aliphatic rings. The number of carbonyl (C=O) groups excluding carboxylic acids is 2. The standard InChI is InChI=1S/C20H36O5/c1-2-23-19(22)17-18(21)13-9-7-5-3-4-6-8-11-15-24-20-14-10-12-16-25-20/h20H,2-17H2,1H3. The summed E-state index contributed by atoms with van der Waals surface area (Å²) in [4.78, 5) is 22.7. The summed E-state index contributed by atoms with van der Waals surface area (Å²) in [6.07, 6.45) is 13.1. The largest absolute Gasteiger partial charge is 0.466 e. The molecule has 1 unspecified atom stereocenters. The van der Waals surface area contributed by atoms with Crippen molar-refractivity contribution in [1.29, 1.82) is 0 Å². The zero-order valence-electron chi connectivity index (χ0n) is 15.9. The van der Waals surface area contributed by atoms with Crippen LogP contribution in [0, 0.1) is 0 Å². The lowest BCUT2D eigenvalue weighted by atomic mass is 10.1. The van der Waals surface area contributed by atoms with Crippen molar-refractivity contribution in [2.75, 3.05) is 19.8 Å². The van der Waals surface area contributed by atoms with E-state index in [4.69, 9.17) is 14.2 Å². The van der Waals surface area contributed by atoms with Gasteiger partial charge in [-0.25, -0.2) is 0 Å². The number of unbranched alkanes of at least 4 members (excludes halogenated alkanes) is 7. The van der Waals surface area contributed by atoms with Crippen molar-refractivity contribution in [3.05, 3.63) is 0 Å². The van der Waals surface area contributed by atoms with E-state index >= 15 is 0 Å². The van der Waals surface area contributed by atoms with Crippen LogP contribution >= 0.6 is 0 Å². The predicted octanol–water partition coefficient (Wildman–Crippen LogP) is 4.56. The highest BCUT2D eigenvalue weighted by molar-refractivity contribution is 5.95. The third-order valence-corrected chi connectivity index (χ3v) is 4.44. The quantitative estimate of drug-likeness (QED) is 0.244. The molecular weight excluding hydrogens is 320 g/mol. The van der Waals surface area contributed by atoms with Crippen LogP contribution in [-0.4, -0.2) is 37.9 Å². The van der Waals surface area contributed by atoms with Gasteiger partial charge in [-0.3, -0.25) is 9.59 Å². The highest BCUT2D eigenvalue weighted by Crippen LogP contribution is 2.15. The number of carbonyl (C=O) groups is 2. The molecule has 146 valence electrons. The van der Waals surface area contributed by atoms with Crippen LogP contribution in [0.3, 0.4) is 0 Å². The monoisotopic (exact) mass is 356 g/mol. The van der Waals surface area contributed by atoms with Gasteiger partial charge >= 0.3 is 5.97 Å². The summed E-state index contributed by atoms with van der Waals surface area (Å²) >= 11 is 0. The summed E-state index contributed by atoms with van der Waals surface area (Å²) in [5.74, 6) is -0.396. The third kappa shape index (κ3) is 13.0. The van der Waals surface area contributed by atoms with Crippen molar-refractivity contribution >= 4 is 11.8 Å². The second-order valence-electron chi connectivity index (χ2n) is 6.77. The van der Waals surface area contributed by atoms with E-state index in [1.165, 1.54) is 44.9 Å². The van der Waals surface area contributed by atoms with Crippen molar-refractivity contribution in [1.82, 2.24) is 0 Å². The molecule has 5 nitrogen and oxygen atoms in total. The topological polar surface area (TPSA) is 61.8 Å². The molecule has 0 saturated carbocycles. The van der Waals surface area contributed by atoms with Crippen molar-refractivity contribution in [3.8, 4) is 0 Å². The predicted molar refractivity (Wildman–Crippen MR) is 97.4 cm³/mol. The highest BCUT2D eigenvalue weighted by Gasteiger charge is 2.13. The van der Waals surface area contributed by atoms with E-state index in [-0.39, 0.29) is 18.5 Å². The Balaban J connectivity index is 1.78. The summed E-state index contributed by atoms with van der Waals surface area (Å²) in [5, 5.41) is 0. The van der Waals surface area contributed by atoms with E-state index in [0.29, 0.717) is 13.0 Å². The Morgan fingerprint density at radius 1 is 0.960 bits per heavy atom. The minimum absolute atomic E-state index is 0.000366. The number of Topliss-reactive ketones (excluding diaryl/α,β-unsaturated/α-hetero) is 1. The lowest BCUT2D eigenvalue weighted by Crippen LogP contribution is -2.22. The Labute approximate surface area is 152 Å².